The number of alkyl halides is 1. The highest BCUT2D eigenvalue weighted by molar-refractivity contribution is 6.16. The zero-order chi connectivity index (χ0) is 14.2. The van der Waals surface area contributed by atoms with Crippen LogP contribution >= 0.6 is 11.6 Å². The lowest BCUT2D eigenvalue weighted by Gasteiger charge is -2.24. The molecule has 0 aliphatic heterocycles. The van der Waals surface area contributed by atoms with E-state index >= 15 is 0 Å². The highest BCUT2D eigenvalue weighted by atomic mass is 35.5. The predicted octanol–water partition coefficient (Wildman–Crippen LogP) is 3.51. The highest BCUT2D eigenvalue weighted by Crippen LogP contribution is 2.28. The fraction of sp³-hybridized carbons (Fsp3) is 0.714. The van der Waals surface area contributed by atoms with E-state index in [-0.39, 0.29) is 5.41 Å². The first-order chi connectivity index (χ1) is 8.93. The number of imidazole rings is 1. The van der Waals surface area contributed by atoms with Crippen LogP contribution < -0.4 is 0 Å². The van der Waals surface area contributed by atoms with E-state index < -0.39 is 0 Å². The predicted molar refractivity (Wildman–Crippen MR) is 79.5 cm³/mol. The van der Waals surface area contributed by atoms with Crippen molar-refractivity contribution in [1.29, 1.82) is 0 Å². The van der Waals surface area contributed by atoms with Gasteiger partial charge >= 0.3 is 0 Å². The lowest BCUT2D eigenvalue weighted by Crippen LogP contribution is -2.21. The van der Waals surface area contributed by atoms with Gasteiger partial charge in [0, 0.05) is 13.6 Å². The first-order valence-corrected chi connectivity index (χ1v) is 7.44. The van der Waals surface area contributed by atoms with Crippen molar-refractivity contribution in [3.05, 3.63) is 11.5 Å². The number of halogens is 1. The molecule has 2 rings (SSSR count). The Morgan fingerprint density at radius 3 is 2.47 bits per heavy atom. The number of aromatic nitrogens is 4. The second-order valence-electron chi connectivity index (χ2n) is 5.86. The van der Waals surface area contributed by atoms with Gasteiger partial charge in [-0.05, 0) is 18.3 Å². The van der Waals surface area contributed by atoms with Crippen LogP contribution in [0, 0.1) is 5.41 Å². The van der Waals surface area contributed by atoms with Gasteiger partial charge in [0.25, 0.3) is 0 Å². The zero-order valence-corrected chi connectivity index (χ0v) is 13.3. The van der Waals surface area contributed by atoms with E-state index in [1.807, 2.05) is 11.7 Å². The van der Waals surface area contributed by atoms with E-state index in [2.05, 4.69) is 42.3 Å². The summed E-state index contributed by atoms with van der Waals surface area (Å²) in [6.07, 6.45) is 2.01. The van der Waals surface area contributed by atoms with Crippen LogP contribution in [-0.4, -0.2) is 19.3 Å². The second-order valence-corrected chi connectivity index (χ2v) is 6.13. The normalized spacial score (nSPS) is 12.5. The molecule has 0 saturated carbocycles. The van der Waals surface area contributed by atoms with E-state index in [9.17, 15) is 0 Å². The van der Waals surface area contributed by atoms with Crippen LogP contribution in [0.2, 0.25) is 0 Å². The number of hydrogen-bond acceptors (Lipinski definition) is 2. The van der Waals surface area contributed by atoms with Crippen molar-refractivity contribution in [3.63, 3.8) is 0 Å². The first-order valence-electron chi connectivity index (χ1n) is 6.90. The van der Waals surface area contributed by atoms with Gasteiger partial charge in [-0.1, -0.05) is 27.7 Å². The van der Waals surface area contributed by atoms with Crippen molar-refractivity contribution >= 4 is 22.8 Å². The van der Waals surface area contributed by atoms with Gasteiger partial charge in [0.15, 0.2) is 5.65 Å². The number of aryl methyl sites for hydroxylation is 2. The van der Waals surface area contributed by atoms with E-state index in [1.54, 1.807) is 0 Å². The molecular weight excluding hydrogens is 260 g/mol. The molecule has 19 heavy (non-hydrogen) atoms. The largest absolute Gasteiger partial charge is 0.311 e. The van der Waals surface area contributed by atoms with E-state index in [0.717, 1.165) is 42.1 Å². The van der Waals surface area contributed by atoms with Crippen molar-refractivity contribution in [2.24, 2.45) is 12.5 Å². The summed E-state index contributed by atoms with van der Waals surface area (Å²) in [7, 11) is 1.98. The Morgan fingerprint density at radius 1 is 1.26 bits per heavy atom. The van der Waals surface area contributed by atoms with Crippen molar-refractivity contribution < 1.29 is 0 Å². The molecule has 5 heteroatoms. The van der Waals surface area contributed by atoms with Crippen LogP contribution in [0.25, 0.3) is 11.2 Å². The van der Waals surface area contributed by atoms with Gasteiger partial charge in [-0.25, -0.2) is 4.98 Å². The molecule has 0 amide bonds. The molecule has 0 N–H and O–H groups in total. The van der Waals surface area contributed by atoms with Crippen LogP contribution in [0.1, 0.15) is 45.6 Å². The molecule has 0 radical (unpaired) electrons. The van der Waals surface area contributed by atoms with E-state index in [0.29, 0.717) is 5.88 Å². The molecule has 2 heterocycles. The Bertz CT molecular complexity index is 580. The average molecular weight is 283 g/mol. The summed E-state index contributed by atoms with van der Waals surface area (Å²) in [5.74, 6) is 1.39. The van der Waals surface area contributed by atoms with Gasteiger partial charge in [0.05, 0.1) is 11.6 Å². The summed E-state index contributed by atoms with van der Waals surface area (Å²) in [6.45, 7) is 9.79. The molecular formula is C14H23ClN4. The topological polar surface area (TPSA) is 35.6 Å². The molecule has 0 aliphatic rings. The maximum absolute atomic E-state index is 6.07. The van der Waals surface area contributed by atoms with Crippen molar-refractivity contribution in [1.82, 2.24) is 19.3 Å². The van der Waals surface area contributed by atoms with Gasteiger partial charge in [0.1, 0.15) is 11.3 Å². The minimum absolute atomic E-state index is 0.227. The number of hydrogen-bond donors (Lipinski definition) is 0. The third-order valence-electron chi connectivity index (χ3n) is 3.87. The smallest absolute Gasteiger partial charge is 0.158 e. The summed E-state index contributed by atoms with van der Waals surface area (Å²) in [6, 6.07) is 0. The molecule has 0 fully saturated rings. The maximum atomic E-state index is 6.07. The van der Waals surface area contributed by atoms with Crippen LogP contribution in [-0.2, 0) is 25.9 Å². The molecule has 0 unspecified atom stereocenters. The minimum Gasteiger partial charge on any atom is -0.311 e. The summed E-state index contributed by atoms with van der Waals surface area (Å²) < 4.78 is 4.17. The van der Waals surface area contributed by atoms with E-state index in [4.69, 9.17) is 11.6 Å². The molecule has 0 atom stereocenters. The lowest BCUT2D eigenvalue weighted by atomic mass is 9.90. The summed E-state index contributed by atoms with van der Waals surface area (Å²) in [5, 5.41) is 4.55. The Balaban J connectivity index is 2.60. The zero-order valence-electron chi connectivity index (χ0n) is 12.5. The second kappa shape index (κ2) is 5.16. The van der Waals surface area contributed by atoms with Crippen LogP contribution in [0.15, 0.2) is 0 Å². The molecule has 0 aliphatic carbocycles. The number of fused-ring (bicyclic) bond motifs is 1. The Labute approximate surface area is 119 Å². The van der Waals surface area contributed by atoms with Crippen LogP contribution in [0.5, 0.6) is 0 Å². The minimum atomic E-state index is 0.227. The molecule has 2 aromatic rings. The fourth-order valence-electron chi connectivity index (χ4n) is 2.33. The first kappa shape index (κ1) is 14.4. The van der Waals surface area contributed by atoms with Crippen molar-refractivity contribution in [2.75, 3.05) is 0 Å². The molecule has 4 nitrogen and oxygen atoms in total. The molecule has 106 valence electrons. The van der Waals surface area contributed by atoms with E-state index in [1.165, 1.54) is 0 Å². The number of rotatable bonds is 5. The summed E-state index contributed by atoms with van der Waals surface area (Å²) in [5.41, 5.74) is 3.38. The standard InChI is InChI=1S/C14H23ClN4/c1-6-10-12-13(18(5)17-10)19(11(8-15)16-12)9-14(3,4)7-2/h6-9H2,1-5H3. The Hall–Kier alpha value is -1.03. The van der Waals surface area contributed by atoms with Gasteiger partial charge in [-0.2, -0.15) is 5.10 Å². The van der Waals surface area contributed by atoms with Gasteiger partial charge in [0.2, 0.25) is 0 Å². The average Bonchev–Trinajstić information content (AvgIpc) is 2.88. The quantitative estimate of drug-likeness (QED) is 0.787. The fourth-order valence-corrected chi connectivity index (χ4v) is 2.54. The Kier molecular flexibility index (Phi) is 3.90. The maximum Gasteiger partial charge on any atom is 0.158 e. The third-order valence-corrected chi connectivity index (χ3v) is 4.11. The van der Waals surface area contributed by atoms with Crippen molar-refractivity contribution in [3.8, 4) is 0 Å². The molecule has 2 aromatic heterocycles. The lowest BCUT2D eigenvalue weighted by molar-refractivity contribution is 0.293. The summed E-state index contributed by atoms with van der Waals surface area (Å²) in [4.78, 5) is 4.69. The van der Waals surface area contributed by atoms with Crippen molar-refractivity contribution in [2.45, 2.75) is 53.0 Å². The SMILES string of the molecule is CCc1nn(C)c2c1nc(CCl)n2CC(C)(C)CC. The van der Waals surface area contributed by atoms with Gasteiger partial charge < -0.3 is 4.57 Å². The third kappa shape index (κ3) is 2.50. The highest BCUT2D eigenvalue weighted by Gasteiger charge is 2.23. The summed E-state index contributed by atoms with van der Waals surface area (Å²) >= 11 is 6.07. The monoisotopic (exact) mass is 282 g/mol. The van der Waals surface area contributed by atoms with Crippen LogP contribution in [0.3, 0.4) is 0 Å². The van der Waals surface area contributed by atoms with Gasteiger partial charge in [-0.3, -0.25) is 4.68 Å². The molecule has 0 saturated heterocycles. The van der Waals surface area contributed by atoms with Crippen LogP contribution in [0.4, 0.5) is 0 Å². The molecule has 0 spiro atoms. The molecule has 0 aromatic carbocycles. The molecule has 0 bridgehead atoms. The van der Waals surface area contributed by atoms with Gasteiger partial charge in [-0.15, -0.1) is 11.6 Å². The Morgan fingerprint density at radius 2 is 1.95 bits per heavy atom. The number of nitrogens with zero attached hydrogens (tertiary/aromatic N) is 4.